The van der Waals surface area contributed by atoms with E-state index in [0.29, 0.717) is 24.6 Å². The third kappa shape index (κ3) is 5.61. The van der Waals surface area contributed by atoms with Crippen molar-refractivity contribution >= 4 is 33.6 Å². The minimum atomic E-state index is -0.201. The predicted molar refractivity (Wildman–Crippen MR) is 139 cm³/mol. The topological polar surface area (TPSA) is 66.4 Å². The summed E-state index contributed by atoms with van der Waals surface area (Å²) in [6, 6.07) is 14.5. The summed E-state index contributed by atoms with van der Waals surface area (Å²) < 4.78 is 2.35. The number of benzene rings is 2. The number of carbonyl (C=O) groups is 2. The number of hydrogen-bond acceptors (Lipinski definition) is 3. The number of carbonyl (C=O) groups excluding carboxylic acids is 2. The summed E-state index contributed by atoms with van der Waals surface area (Å²) in [5.41, 5.74) is 2.92. The molecule has 1 aromatic heterocycles. The van der Waals surface area contributed by atoms with Gasteiger partial charge in [-0.05, 0) is 83.3 Å². The van der Waals surface area contributed by atoms with Gasteiger partial charge in [-0.25, -0.2) is 0 Å². The quantitative estimate of drug-likeness (QED) is 0.541. The molecule has 34 heavy (non-hydrogen) atoms. The maximum atomic E-state index is 13.0. The fraction of sp³-hybridized carbons (Fsp3) is 0.500. The molecular formula is C28H38N4O2. The van der Waals surface area contributed by atoms with Crippen LogP contribution >= 0.6 is 0 Å². The van der Waals surface area contributed by atoms with Gasteiger partial charge in [0.2, 0.25) is 5.91 Å². The SMILES string of the molecule is CCCn1c2ccccc2c2cc(C(=O)NCC3CCN(CC(=O)NC(C)(C)C)CC3)ccc21. The largest absolute Gasteiger partial charge is 0.352 e. The van der Waals surface area contributed by atoms with Gasteiger partial charge in [-0.3, -0.25) is 14.5 Å². The van der Waals surface area contributed by atoms with E-state index in [-0.39, 0.29) is 17.4 Å². The van der Waals surface area contributed by atoms with E-state index in [1.807, 2.05) is 32.9 Å². The van der Waals surface area contributed by atoms with Gasteiger partial charge in [0.25, 0.3) is 5.91 Å². The molecule has 0 aliphatic carbocycles. The van der Waals surface area contributed by atoms with Crippen LogP contribution in [0.1, 0.15) is 57.3 Å². The molecule has 182 valence electrons. The number of likely N-dealkylation sites (tertiary alicyclic amines) is 1. The third-order valence-corrected chi connectivity index (χ3v) is 6.62. The summed E-state index contributed by atoms with van der Waals surface area (Å²) in [5, 5.41) is 8.52. The van der Waals surface area contributed by atoms with Gasteiger partial charge in [-0.2, -0.15) is 0 Å². The number of piperidine rings is 1. The van der Waals surface area contributed by atoms with E-state index < -0.39 is 0 Å². The maximum absolute atomic E-state index is 13.0. The van der Waals surface area contributed by atoms with E-state index in [1.165, 1.54) is 16.4 Å². The Morgan fingerprint density at radius 2 is 1.71 bits per heavy atom. The first kappa shape index (κ1) is 24.3. The molecule has 0 bridgehead atoms. The summed E-state index contributed by atoms with van der Waals surface area (Å²) in [5.74, 6) is 0.511. The molecule has 2 N–H and O–H groups in total. The second kappa shape index (κ2) is 10.2. The molecule has 0 saturated carbocycles. The van der Waals surface area contributed by atoms with Crippen LogP contribution < -0.4 is 10.6 Å². The highest BCUT2D eigenvalue weighted by Crippen LogP contribution is 2.30. The lowest BCUT2D eigenvalue weighted by Gasteiger charge is -2.32. The molecule has 1 aliphatic rings. The highest BCUT2D eigenvalue weighted by molar-refractivity contribution is 6.10. The van der Waals surface area contributed by atoms with Crippen molar-refractivity contribution in [1.82, 2.24) is 20.1 Å². The Kier molecular flexibility index (Phi) is 7.27. The average molecular weight is 463 g/mol. The Hall–Kier alpha value is -2.86. The second-order valence-corrected chi connectivity index (χ2v) is 10.6. The van der Waals surface area contributed by atoms with Crippen molar-refractivity contribution in [1.29, 1.82) is 0 Å². The Balaban J connectivity index is 1.34. The monoisotopic (exact) mass is 462 g/mol. The number of para-hydroxylation sites is 1. The Morgan fingerprint density at radius 1 is 1.00 bits per heavy atom. The number of hydrogen-bond donors (Lipinski definition) is 2. The van der Waals surface area contributed by atoms with Crippen molar-refractivity contribution in [3.05, 3.63) is 48.0 Å². The van der Waals surface area contributed by atoms with Crippen molar-refractivity contribution in [3.63, 3.8) is 0 Å². The van der Waals surface area contributed by atoms with Crippen LogP contribution in [0.15, 0.2) is 42.5 Å². The van der Waals surface area contributed by atoms with E-state index >= 15 is 0 Å². The molecule has 1 saturated heterocycles. The summed E-state index contributed by atoms with van der Waals surface area (Å²) >= 11 is 0. The second-order valence-electron chi connectivity index (χ2n) is 10.6. The third-order valence-electron chi connectivity index (χ3n) is 6.62. The molecule has 0 radical (unpaired) electrons. The molecule has 2 aromatic carbocycles. The van der Waals surface area contributed by atoms with Crippen LogP contribution in [0.25, 0.3) is 21.8 Å². The number of nitrogens with one attached hydrogen (secondary N) is 2. The van der Waals surface area contributed by atoms with Crippen LogP contribution in [-0.2, 0) is 11.3 Å². The van der Waals surface area contributed by atoms with E-state index in [1.54, 1.807) is 0 Å². The number of fused-ring (bicyclic) bond motifs is 3. The van der Waals surface area contributed by atoms with Crippen LogP contribution in [0.4, 0.5) is 0 Å². The lowest BCUT2D eigenvalue weighted by atomic mass is 9.96. The molecule has 4 rings (SSSR count). The Labute approximate surface area is 202 Å². The highest BCUT2D eigenvalue weighted by atomic mass is 16.2. The number of amides is 2. The molecule has 6 nitrogen and oxygen atoms in total. The molecular weight excluding hydrogens is 424 g/mol. The van der Waals surface area contributed by atoms with E-state index in [0.717, 1.165) is 44.3 Å². The molecule has 3 aromatic rings. The molecule has 0 spiro atoms. The average Bonchev–Trinajstić information content (AvgIpc) is 3.10. The zero-order valence-corrected chi connectivity index (χ0v) is 21.0. The van der Waals surface area contributed by atoms with Crippen LogP contribution in [0.3, 0.4) is 0 Å². The number of rotatable bonds is 7. The molecule has 1 fully saturated rings. The minimum absolute atomic E-state index is 0.0128. The fourth-order valence-corrected chi connectivity index (χ4v) is 5.01. The van der Waals surface area contributed by atoms with Crippen LogP contribution in [0.5, 0.6) is 0 Å². The number of nitrogens with zero attached hydrogens (tertiary/aromatic N) is 2. The Bertz CT molecular complexity index is 1170. The van der Waals surface area contributed by atoms with Gasteiger partial charge in [0.05, 0.1) is 6.54 Å². The molecule has 2 amide bonds. The molecule has 6 heteroatoms. The van der Waals surface area contributed by atoms with E-state index in [9.17, 15) is 9.59 Å². The molecule has 0 atom stereocenters. The number of aryl methyl sites for hydroxylation is 1. The lowest BCUT2D eigenvalue weighted by Crippen LogP contribution is -2.48. The smallest absolute Gasteiger partial charge is 0.251 e. The summed E-state index contributed by atoms with van der Waals surface area (Å²) in [7, 11) is 0. The van der Waals surface area contributed by atoms with Gasteiger partial charge >= 0.3 is 0 Å². The van der Waals surface area contributed by atoms with Crippen molar-refractivity contribution in [2.75, 3.05) is 26.2 Å². The first-order valence-electron chi connectivity index (χ1n) is 12.6. The van der Waals surface area contributed by atoms with Crippen LogP contribution in [0.2, 0.25) is 0 Å². The van der Waals surface area contributed by atoms with Gasteiger partial charge in [0.1, 0.15) is 0 Å². The highest BCUT2D eigenvalue weighted by Gasteiger charge is 2.23. The minimum Gasteiger partial charge on any atom is -0.352 e. The zero-order chi connectivity index (χ0) is 24.3. The van der Waals surface area contributed by atoms with Crippen molar-refractivity contribution < 1.29 is 9.59 Å². The van der Waals surface area contributed by atoms with Gasteiger partial charge in [0.15, 0.2) is 0 Å². The first-order chi connectivity index (χ1) is 16.2. The lowest BCUT2D eigenvalue weighted by molar-refractivity contribution is -0.124. The zero-order valence-electron chi connectivity index (χ0n) is 21.0. The standard InChI is InChI=1S/C28H38N4O2/c1-5-14-32-24-9-7-6-8-22(24)23-17-21(10-11-25(23)32)27(34)29-18-20-12-15-31(16-13-20)19-26(33)30-28(2,3)4/h6-11,17,20H,5,12-16,18-19H2,1-4H3,(H,29,34)(H,30,33). The normalized spacial score (nSPS) is 15.6. The van der Waals surface area contributed by atoms with Crippen molar-refractivity contribution in [3.8, 4) is 0 Å². The maximum Gasteiger partial charge on any atom is 0.251 e. The first-order valence-corrected chi connectivity index (χ1v) is 12.6. The van der Waals surface area contributed by atoms with Gasteiger partial charge in [-0.1, -0.05) is 25.1 Å². The molecule has 1 aliphatic heterocycles. The van der Waals surface area contributed by atoms with Gasteiger partial charge in [-0.15, -0.1) is 0 Å². The Morgan fingerprint density at radius 3 is 2.41 bits per heavy atom. The summed E-state index contributed by atoms with van der Waals surface area (Å²) in [6.45, 7) is 12.1. The van der Waals surface area contributed by atoms with Crippen molar-refractivity contribution in [2.45, 2.75) is 59.0 Å². The van der Waals surface area contributed by atoms with E-state index in [4.69, 9.17) is 0 Å². The summed E-state index contributed by atoms with van der Waals surface area (Å²) in [6.07, 6.45) is 3.05. The van der Waals surface area contributed by atoms with Gasteiger partial charge < -0.3 is 15.2 Å². The number of aromatic nitrogens is 1. The predicted octanol–water partition coefficient (Wildman–Crippen LogP) is 4.56. The van der Waals surface area contributed by atoms with Crippen LogP contribution in [-0.4, -0.2) is 53.0 Å². The molecule has 0 unspecified atom stereocenters. The van der Waals surface area contributed by atoms with Gasteiger partial charge in [0, 0.05) is 46.0 Å². The van der Waals surface area contributed by atoms with Crippen molar-refractivity contribution in [2.24, 2.45) is 5.92 Å². The summed E-state index contributed by atoms with van der Waals surface area (Å²) in [4.78, 5) is 27.4. The van der Waals surface area contributed by atoms with Crippen LogP contribution in [0, 0.1) is 5.92 Å². The van der Waals surface area contributed by atoms with E-state index in [2.05, 4.69) is 57.4 Å². The molecule has 2 heterocycles. The fourth-order valence-electron chi connectivity index (χ4n) is 5.01.